The summed E-state index contributed by atoms with van der Waals surface area (Å²) in [6.07, 6.45) is 1.26. The first-order valence-corrected chi connectivity index (χ1v) is 8.93. The molecule has 142 valence electrons. The average molecular weight is 391 g/mol. The highest BCUT2D eigenvalue weighted by atomic mass is 35.5. The number of halogens is 1. The number of hydrogen-bond acceptors (Lipinski definition) is 6. The van der Waals surface area contributed by atoms with Gasteiger partial charge in [-0.25, -0.2) is 4.98 Å². The number of aromatic nitrogens is 2. The van der Waals surface area contributed by atoms with Crippen LogP contribution in [0.25, 0.3) is 0 Å². The van der Waals surface area contributed by atoms with Gasteiger partial charge in [-0.2, -0.15) is 4.98 Å². The molecule has 0 spiro atoms. The van der Waals surface area contributed by atoms with E-state index in [1.165, 1.54) is 18.2 Å². The Balaban J connectivity index is 1.77. The maximum absolute atomic E-state index is 12.9. The van der Waals surface area contributed by atoms with Crippen LogP contribution in [0.4, 0.5) is 5.69 Å². The number of benzene rings is 1. The molecule has 0 saturated carbocycles. The molecule has 0 bridgehead atoms. The van der Waals surface area contributed by atoms with Gasteiger partial charge in [-0.15, -0.1) is 0 Å². The standard InChI is InChI=1S/C18H19ClN4O4/c1-11-8-17(21-12(2)20-11)27-14-4-3-7-22(10-14)18(24)15-9-13(19)5-6-16(15)23(25)26/h5-6,8-9,14H,3-4,7,10H2,1-2H3. The normalized spacial score (nSPS) is 16.9. The third-order valence-electron chi connectivity index (χ3n) is 4.28. The predicted octanol–water partition coefficient (Wildman–Crippen LogP) is 3.34. The van der Waals surface area contributed by atoms with Gasteiger partial charge in [0.15, 0.2) is 0 Å². The summed E-state index contributed by atoms with van der Waals surface area (Å²) < 4.78 is 5.93. The van der Waals surface area contributed by atoms with E-state index in [1.807, 2.05) is 6.92 Å². The fraction of sp³-hybridized carbons (Fsp3) is 0.389. The summed E-state index contributed by atoms with van der Waals surface area (Å²) in [4.78, 5) is 33.6. The van der Waals surface area contributed by atoms with Crippen molar-refractivity contribution >= 4 is 23.2 Å². The lowest BCUT2D eigenvalue weighted by Crippen LogP contribution is -2.44. The van der Waals surface area contributed by atoms with Crippen molar-refractivity contribution in [1.82, 2.24) is 14.9 Å². The van der Waals surface area contributed by atoms with Gasteiger partial charge >= 0.3 is 0 Å². The largest absolute Gasteiger partial charge is 0.472 e. The number of hydrogen-bond donors (Lipinski definition) is 0. The fourth-order valence-electron chi connectivity index (χ4n) is 3.14. The summed E-state index contributed by atoms with van der Waals surface area (Å²) in [6, 6.07) is 5.73. The number of ether oxygens (including phenoxy) is 1. The van der Waals surface area contributed by atoms with Crippen molar-refractivity contribution in [2.45, 2.75) is 32.8 Å². The smallest absolute Gasteiger partial charge is 0.282 e. The Kier molecular flexibility index (Phi) is 5.55. The van der Waals surface area contributed by atoms with Crippen molar-refractivity contribution in [2.75, 3.05) is 13.1 Å². The minimum absolute atomic E-state index is 0.0122. The first kappa shape index (κ1) is 19.0. The number of nitrogens with zero attached hydrogens (tertiary/aromatic N) is 4. The Morgan fingerprint density at radius 3 is 2.81 bits per heavy atom. The second-order valence-corrected chi connectivity index (χ2v) is 6.88. The Hall–Kier alpha value is -2.74. The van der Waals surface area contributed by atoms with Crippen LogP contribution >= 0.6 is 11.6 Å². The van der Waals surface area contributed by atoms with Gasteiger partial charge in [0, 0.05) is 29.4 Å². The van der Waals surface area contributed by atoms with E-state index < -0.39 is 10.8 Å². The molecule has 1 atom stereocenters. The number of nitro groups is 1. The number of amides is 1. The third kappa shape index (κ3) is 4.51. The van der Waals surface area contributed by atoms with E-state index >= 15 is 0 Å². The fourth-order valence-corrected chi connectivity index (χ4v) is 3.31. The number of carbonyl (C=O) groups is 1. The van der Waals surface area contributed by atoms with Crippen LogP contribution < -0.4 is 4.74 Å². The minimum Gasteiger partial charge on any atom is -0.472 e. The lowest BCUT2D eigenvalue weighted by molar-refractivity contribution is -0.385. The van der Waals surface area contributed by atoms with E-state index in [4.69, 9.17) is 16.3 Å². The zero-order valence-electron chi connectivity index (χ0n) is 15.0. The van der Waals surface area contributed by atoms with E-state index in [9.17, 15) is 14.9 Å². The van der Waals surface area contributed by atoms with Gasteiger partial charge in [-0.3, -0.25) is 14.9 Å². The first-order chi connectivity index (χ1) is 12.8. The highest BCUT2D eigenvalue weighted by Gasteiger charge is 2.30. The molecule has 2 heterocycles. The van der Waals surface area contributed by atoms with E-state index in [-0.39, 0.29) is 22.4 Å². The highest BCUT2D eigenvalue weighted by Crippen LogP contribution is 2.26. The van der Waals surface area contributed by atoms with Crippen LogP contribution in [0.1, 0.15) is 34.7 Å². The second-order valence-electron chi connectivity index (χ2n) is 6.45. The molecule has 0 N–H and O–H groups in total. The Labute approximate surface area is 161 Å². The van der Waals surface area contributed by atoms with E-state index in [2.05, 4.69) is 9.97 Å². The molecule has 3 rings (SSSR count). The van der Waals surface area contributed by atoms with Crippen LogP contribution in [-0.2, 0) is 0 Å². The molecule has 2 aromatic rings. The van der Waals surface area contributed by atoms with Gasteiger partial charge < -0.3 is 9.64 Å². The van der Waals surface area contributed by atoms with Crippen LogP contribution in [0.2, 0.25) is 5.02 Å². The molecular weight excluding hydrogens is 372 g/mol. The number of aryl methyl sites for hydroxylation is 2. The van der Waals surface area contributed by atoms with Gasteiger partial charge in [0.1, 0.15) is 17.5 Å². The molecule has 9 heteroatoms. The molecule has 1 aromatic heterocycles. The molecule has 0 radical (unpaired) electrons. The quantitative estimate of drug-likeness (QED) is 0.586. The van der Waals surface area contributed by atoms with Crippen molar-refractivity contribution in [3.63, 3.8) is 0 Å². The van der Waals surface area contributed by atoms with Crippen molar-refractivity contribution in [2.24, 2.45) is 0 Å². The van der Waals surface area contributed by atoms with Crippen molar-refractivity contribution in [3.8, 4) is 5.88 Å². The minimum atomic E-state index is -0.575. The lowest BCUT2D eigenvalue weighted by Gasteiger charge is -2.32. The molecule has 1 amide bonds. The zero-order valence-corrected chi connectivity index (χ0v) is 15.8. The molecule has 1 fully saturated rings. The SMILES string of the molecule is Cc1cc(OC2CCCN(C(=O)c3cc(Cl)ccc3[N+](=O)[O-])C2)nc(C)n1. The maximum Gasteiger partial charge on any atom is 0.282 e. The summed E-state index contributed by atoms with van der Waals surface area (Å²) >= 11 is 5.94. The number of carbonyl (C=O) groups excluding carboxylic acids is 1. The average Bonchev–Trinajstić information content (AvgIpc) is 2.60. The topological polar surface area (TPSA) is 98.5 Å². The van der Waals surface area contributed by atoms with Gasteiger partial charge in [0.05, 0.1) is 11.5 Å². The molecule has 1 aliphatic heterocycles. The van der Waals surface area contributed by atoms with Crippen LogP contribution in [0.3, 0.4) is 0 Å². The number of piperidine rings is 1. The van der Waals surface area contributed by atoms with Gasteiger partial charge in [-0.1, -0.05) is 11.6 Å². The molecule has 0 aliphatic carbocycles. The Morgan fingerprint density at radius 1 is 1.33 bits per heavy atom. The number of likely N-dealkylation sites (tertiary alicyclic amines) is 1. The second kappa shape index (κ2) is 7.87. The van der Waals surface area contributed by atoms with E-state index in [0.717, 1.165) is 18.5 Å². The summed E-state index contributed by atoms with van der Waals surface area (Å²) in [6.45, 7) is 4.47. The van der Waals surface area contributed by atoms with Gasteiger partial charge in [0.25, 0.3) is 11.6 Å². The first-order valence-electron chi connectivity index (χ1n) is 8.55. The van der Waals surface area contributed by atoms with Crippen LogP contribution in [0.5, 0.6) is 5.88 Å². The van der Waals surface area contributed by atoms with Crippen LogP contribution in [0, 0.1) is 24.0 Å². The Morgan fingerprint density at radius 2 is 2.11 bits per heavy atom. The number of rotatable bonds is 4. The molecular formula is C18H19ClN4O4. The summed E-state index contributed by atoms with van der Waals surface area (Å²) in [5.74, 6) is 0.656. The third-order valence-corrected chi connectivity index (χ3v) is 4.52. The van der Waals surface area contributed by atoms with Crippen molar-refractivity contribution in [1.29, 1.82) is 0 Å². The molecule has 1 aromatic carbocycles. The highest BCUT2D eigenvalue weighted by molar-refractivity contribution is 6.31. The summed E-state index contributed by atoms with van der Waals surface area (Å²) in [7, 11) is 0. The molecule has 1 unspecified atom stereocenters. The molecule has 1 saturated heterocycles. The molecule has 8 nitrogen and oxygen atoms in total. The lowest BCUT2D eigenvalue weighted by atomic mass is 10.1. The van der Waals surface area contributed by atoms with Gasteiger partial charge in [-0.05, 0) is 38.8 Å². The van der Waals surface area contributed by atoms with E-state index in [0.29, 0.717) is 24.8 Å². The van der Waals surface area contributed by atoms with Gasteiger partial charge in [0.2, 0.25) is 5.88 Å². The Bertz CT molecular complexity index is 869. The van der Waals surface area contributed by atoms with Crippen LogP contribution in [-0.4, -0.2) is 44.9 Å². The monoisotopic (exact) mass is 390 g/mol. The van der Waals surface area contributed by atoms with Crippen molar-refractivity contribution in [3.05, 3.63) is 56.5 Å². The maximum atomic E-state index is 12.9. The number of nitro benzene ring substituents is 1. The molecule has 1 aliphatic rings. The van der Waals surface area contributed by atoms with E-state index in [1.54, 1.807) is 17.9 Å². The summed E-state index contributed by atoms with van der Waals surface area (Å²) in [5.41, 5.74) is 0.534. The van der Waals surface area contributed by atoms with Crippen LogP contribution in [0.15, 0.2) is 24.3 Å². The zero-order chi connectivity index (χ0) is 19.6. The van der Waals surface area contributed by atoms with Crippen molar-refractivity contribution < 1.29 is 14.5 Å². The molecule has 27 heavy (non-hydrogen) atoms. The predicted molar refractivity (Wildman–Crippen MR) is 99.2 cm³/mol. The summed E-state index contributed by atoms with van der Waals surface area (Å²) in [5, 5.41) is 11.5.